The minimum absolute atomic E-state index is 0.279. The summed E-state index contributed by atoms with van der Waals surface area (Å²) in [4.78, 5) is 16.4. The second-order valence-electron chi connectivity index (χ2n) is 6.48. The van der Waals surface area contributed by atoms with Crippen molar-refractivity contribution in [1.82, 2.24) is 15.2 Å². The van der Waals surface area contributed by atoms with Crippen molar-refractivity contribution in [3.63, 3.8) is 0 Å². The van der Waals surface area contributed by atoms with Crippen molar-refractivity contribution in [2.24, 2.45) is 17.3 Å². The van der Waals surface area contributed by atoms with Crippen LogP contribution < -0.4 is 5.32 Å². The van der Waals surface area contributed by atoms with Gasteiger partial charge in [-0.25, -0.2) is 0 Å². The second-order valence-corrected chi connectivity index (χ2v) is 7.87. The third-order valence-corrected chi connectivity index (χ3v) is 5.58. The summed E-state index contributed by atoms with van der Waals surface area (Å²) >= 11 is 6.46. The summed E-state index contributed by atoms with van der Waals surface area (Å²) < 4.78 is 37.8. The molecule has 138 valence electrons. The number of anilines is 1. The van der Waals surface area contributed by atoms with Gasteiger partial charge in [0.15, 0.2) is 5.01 Å². The van der Waals surface area contributed by atoms with Gasteiger partial charge in [-0.3, -0.25) is 9.78 Å². The number of nitrogens with one attached hydrogen (secondary N) is 1. The van der Waals surface area contributed by atoms with Crippen LogP contribution in [0.15, 0.2) is 35.6 Å². The molecular formula is C16H14ClF3N4OS. The first-order valence-corrected chi connectivity index (χ1v) is 8.79. The van der Waals surface area contributed by atoms with Crippen LogP contribution in [0.4, 0.5) is 18.3 Å². The summed E-state index contributed by atoms with van der Waals surface area (Å²) in [6.07, 6.45) is -0.454. The number of carbonyl (C=O) groups is 1. The molecule has 2 aromatic rings. The number of allylic oxidation sites excluding steroid dienone is 2. The summed E-state index contributed by atoms with van der Waals surface area (Å²) in [6, 6.07) is 3.56. The summed E-state index contributed by atoms with van der Waals surface area (Å²) in [5.41, 5.74) is 0.141. The topological polar surface area (TPSA) is 67.8 Å². The smallest absolute Gasteiger partial charge is 0.300 e. The van der Waals surface area contributed by atoms with Crippen molar-refractivity contribution >= 4 is 34.0 Å². The van der Waals surface area contributed by atoms with Gasteiger partial charge < -0.3 is 5.32 Å². The van der Waals surface area contributed by atoms with Crippen LogP contribution in [-0.2, 0) is 4.79 Å². The van der Waals surface area contributed by atoms with Crippen LogP contribution in [0, 0.1) is 17.3 Å². The van der Waals surface area contributed by atoms with Crippen molar-refractivity contribution in [3.05, 3.63) is 35.6 Å². The Morgan fingerprint density at radius 1 is 1.38 bits per heavy atom. The highest BCUT2D eigenvalue weighted by Gasteiger charge is 2.61. The molecule has 1 N–H and O–H groups in total. The predicted molar refractivity (Wildman–Crippen MR) is 92.5 cm³/mol. The van der Waals surface area contributed by atoms with Crippen LogP contribution >= 0.6 is 22.9 Å². The van der Waals surface area contributed by atoms with E-state index in [0.717, 1.165) is 23.0 Å². The van der Waals surface area contributed by atoms with E-state index in [1.165, 1.54) is 0 Å². The fourth-order valence-electron chi connectivity index (χ4n) is 2.80. The Morgan fingerprint density at radius 3 is 2.73 bits per heavy atom. The van der Waals surface area contributed by atoms with Crippen molar-refractivity contribution in [2.45, 2.75) is 20.0 Å². The zero-order valence-corrected chi connectivity index (χ0v) is 15.3. The number of hydrogen-bond acceptors (Lipinski definition) is 5. The van der Waals surface area contributed by atoms with Gasteiger partial charge in [-0.1, -0.05) is 42.9 Å². The van der Waals surface area contributed by atoms with Gasteiger partial charge in [0.05, 0.1) is 5.92 Å². The molecule has 2 heterocycles. The maximum absolute atomic E-state index is 12.6. The molecule has 0 bridgehead atoms. The van der Waals surface area contributed by atoms with Gasteiger partial charge >= 0.3 is 6.18 Å². The van der Waals surface area contributed by atoms with E-state index in [1.54, 1.807) is 32.3 Å². The Labute approximate surface area is 156 Å². The zero-order valence-electron chi connectivity index (χ0n) is 13.7. The van der Waals surface area contributed by atoms with Crippen LogP contribution in [0.3, 0.4) is 0 Å². The number of nitrogens with zero attached hydrogens (tertiary/aromatic N) is 3. The molecule has 1 aliphatic carbocycles. The molecule has 1 aliphatic rings. The molecule has 5 nitrogen and oxygen atoms in total. The average molecular weight is 403 g/mol. The quantitative estimate of drug-likeness (QED) is 0.817. The lowest BCUT2D eigenvalue weighted by molar-refractivity contribution is -0.118. The van der Waals surface area contributed by atoms with Crippen LogP contribution in [0.2, 0.25) is 0 Å². The molecule has 2 unspecified atom stereocenters. The van der Waals surface area contributed by atoms with Gasteiger partial charge in [-0.15, -0.1) is 10.2 Å². The van der Waals surface area contributed by atoms with E-state index < -0.39 is 34.4 Å². The number of carbonyl (C=O) groups excluding carboxylic acids is 1. The number of halogens is 4. The largest absolute Gasteiger partial charge is 0.426 e. The number of aromatic nitrogens is 3. The first kappa shape index (κ1) is 18.8. The maximum atomic E-state index is 12.6. The van der Waals surface area contributed by atoms with Crippen LogP contribution in [0.5, 0.6) is 0 Å². The monoisotopic (exact) mass is 402 g/mol. The first-order valence-electron chi connectivity index (χ1n) is 7.60. The molecule has 10 heteroatoms. The van der Waals surface area contributed by atoms with Gasteiger partial charge in [-0.05, 0) is 23.5 Å². The van der Waals surface area contributed by atoms with Crippen molar-refractivity contribution in [1.29, 1.82) is 0 Å². The molecule has 1 fully saturated rings. The molecule has 0 spiro atoms. The Kier molecular flexibility index (Phi) is 4.78. The number of amides is 1. The maximum Gasteiger partial charge on any atom is 0.426 e. The first-order chi connectivity index (χ1) is 12.1. The number of alkyl halides is 3. The Morgan fingerprint density at radius 2 is 2.12 bits per heavy atom. The van der Waals surface area contributed by atoms with Gasteiger partial charge in [-0.2, -0.15) is 13.2 Å². The second kappa shape index (κ2) is 6.62. The van der Waals surface area contributed by atoms with E-state index in [0.29, 0.717) is 5.01 Å². The Balaban J connectivity index is 1.70. The lowest BCUT2D eigenvalue weighted by Crippen LogP contribution is -2.16. The summed E-state index contributed by atoms with van der Waals surface area (Å²) in [5, 5.41) is 10.2. The number of pyridine rings is 1. The van der Waals surface area contributed by atoms with Crippen molar-refractivity contribution in [3.8, 4) is 10.6 Å². The molecule has 0 radical (unpaired) electrons. The zero-order chi connectivity index (χ0) is 19.1. The summed E-state index contributed by atoms with van der Waals surface area (Å²) in [5.74, 6) is -1.62. The van der Waals surface area contributed by atoms with Crippen molar-refractivity contribution < 1.29 is 18.0 Å². The highest BCUT2D eigenvalue weighted by atomic mass is 35.5. The minimum Gasteiger partial charge on any atom is -0.300 e. The molecule has 1 amide bonds. The van der Waals surface area contributed by atoms with Gasteiger partial charge in [0.1, 0.15) is 5.03 Å². The van der Waals surface area contributed by atoms with E-state index in [1.807, 2.05) is 6.07 Å². The minimum atomic E-state index is -4.61. The molecule has 0 aliphatic heterocycles. The third kappa shape index (κ3) is 3.73. The van der Waals surface area contributed by atoms with E-state index in [2.05, 4.69) is 20.5 Å². The molecule has 26 heavy (non-hydrogen) atoms. The molecule has 1 saturated carbocycles. The highest BCUT2D eigenvalue weighted by molar-refractivity contribution is 7.18. The molecule has 2 atom stereocenters. The summed E-state index contributed by atoms with van der Waals surface area (Å²) in [6.45, 7) is 3.44. The van der Waals surface area contributed by atoms with Crippen LogP contribution in [0.1, 0.15) is 13.8 Å². The highest BCUT2D eigenvalue weighted by Crippen LogP contribution is 2.60. The van der Waals surface area contributed by atoms with Gasteiger partial charge in [0, 0.05) is 18.0 Å². The van der Waals surface area contributed by atoms with E-state index >= 15 is 0 Å². The van der Waals surface area contributed by atoms with E-state index in [4.69, 9.17) is 11.6 Å². The van der Waals surface area contributed by atoms with Crippen molar-refractivity contribution in [2.75, 3.05) is 5.32 Å². The molecule has 2 aromatic heterocycles. The third-order valence-electron chi connectivity index (χ3n) is 4.35. The standard InChI is InChI=1S/C16H14ClF3N4OS/c1-15(2)9(6-10(17)16(18,19)20)11(15)12(25)22-14-24-23-13(26-14)8-4-3-5-21-7-8/h3-7,9,11H,1-2H3,(H,22,24,25)/b10-6+. The molecular weight excluding hydrogens is 389 g/mol. The number of rotatable bonds is 4. The molecule has 3 rings (SSSR count). The van der Waals surface area contributed by atoms with Crippen LogP contribution in [0.25, 0.3) is 10.6 Å². The van der Waals surface area contributed by atoms with E-state index in [-0.39, 0.29) is 5.13 Å². The SMILES string of the molecule is CC1(C)C(/C=C(/Cl)C(F)(F)F)C1C(=O)Nc1nnc(-c2cccnc2)s1. The fourth-order valence-corrected chi connectivity index (χ4v) is 3.68. The summed E-state index contributed by atoms with van der Waals surface area (Å²) in [7, 11) is 0. The fraction of sp³-hybridized carbons (Fsp3) is 0.375. The molecule has 0 saturated heterocycles. The normalized spacial score (nSPS) is 22.2. The van der Waals surface area contributed by atoms with Crippen LogP contribution in [-0.4, -0.2) is 27.3 Å². The Hall–Kier alpha value is -2.00. The number of hydrogen-bond donors (Lipinski definition) is 1. The Bertz CT molecular complexity index is 851. The lowest BCUT2D eigenvalue weighted by Gasteiger charge is -2.04. The van der Waals surface area contributed by atoms with Gasteiger partial charge in [0.25, 0.3) is 0 Å². The van der Waals surface area contributed by atoms with E-state index in [9.17, 15) is 18.0 Å². The van der Waals surface area contributed by atoms with Gasteiger partial charge in [0.2, 0.25) is 11.0 Å². The average Bonchev–Trinajstić information content (AvgIpc) is 2.91. The molecule has 0 aromatic carbocycles. The predicted octanol–water partition coefficient (Wildman–Crippen LogP) is 4.50. The lowest BCUT2D eigenvalue weighted by atomic mass is 10.1.